The number of thiophene rings is 1. The van der Waals surface area contributed by atoms with Crippen LogP contribution in [0.25, 0.3) is 55.3 Å². The minimum atomic E-state index is -0.247. The molecule has 150 valence electrons. The zero-order chi connectivity index (χ0) is 20.9. The highest BCUT2D eigenvalue weighted by molar-refractivity contribution is 7.14. The Balaban J connectivity index is 1.52. The molecule has 0 amide bonds. The second kappa shape index (κ2) is 6.78. The average molecular weight is 427 g/mol. The van der Waals surface area contributed by atoms with E-state index in [1.165, 1.54) is 6.07 Å². The maximum Gasteiger partial charge on any atom is 0.176 e. The third kappa shape index (κ3) is 2.89. The Kier molecular flexibility index (Phi) is 3.90. The zero-order valence-electron chi connectivity index (χ0n) is 16.2. The van der Waals surface area contributed by atoms with Crippen LogP contribution in [0.15, 0.2) is 55.1 Å². The number of imidazole rings is 1. The summed E-state index contributed by atoms with van der Waals surface area (Å²) in [6, 6.07) is 9.03. The molecule has 6 rings (SSSR count). The third-order valence-electron chi connectivity index (χ3n) is 5.18. The highest BCUT2D eigenvalue weighted by Crippen LogP contribution is 2.34. The number of fused-ring (bicyclic) bond motifs is 2. The highest BCUT2D eigenvalue weighted by Gasteiger charge is 2.18. The summed E-state index contributed by atoms with van der Waals surface area (Å²) in [6.45, 7) is 2.03. The van der Waals surface area contributed by atoms with Crippen LogP contribution in [-0.2, 0) is 0 Å². The molecule has 0 unspecified atom stereocenters. The van der Waals surface area contributed by atoms with Crippen LogP contribution in [0.1, 0.15) is 5.56 Å². The zero-order valence-corrected chi connectivity index (χ0v) is 17.0. The number of aromatic amines is 2. The molecule has 6 heterocycles. The maximum absolute atomic E-state index is 13.6. The number of pyridine rings is 3. The number of aromatic nitrogens is 7. The molecule has 0 spiro atoms. The summed E-state index contributed by atoms with van der Waals surface area (Å²) < 4.78 is 13.6. The predicted molar refractivity (Wildman–Crippen MR) is 118 cm³/mol. The SMILES string of the molecule is Cc1ccncc1-c1ccc2[nH]nc(-c3nc4c(-c5ccc(F)s5)cncc4[nH]3)c2n1. The van der Waals surface area contributed by atoms with Crippen LogP contribution in [0.4, 0.5) is 4.39 Å². The van der Waals surface area contributed by atoms with E-state index in [0.717, 1.165) is 49.6 Å². The molecule has 31 heavy (non-hydrogen) atoms. The lowest BCUT2D eigenvalue weighted by Gasteiger charge is -2.04. The summed E-state index contributed by atoms with van der Waals surface area (Å²) in [6.07, 6.45) is 6.97. The number of halogens is 1. The standard InChI is InChI=1S/C22H14FN7S/c1-11-6-7-24-8-12(11)14-2-3-15-20(26-14)21(30-29-15)22-27-16-10-25-9-13(19(16)28-22)17-4-5-18(23)31-17/h2-10H,1H3,(H,27,28)(H,29,30). The van der Waals surface area contributed by atoms with E-state index in [0.29, 0.717) is 22.6 Å². The number of aryl methyl sites for hydroxylation is 1. The predicted octanol–water partition coefficient (Wildman–Crippen LogP) is 5.13. The van der Waals surface area contributed by atoms with E-state index >= 15 is 0 Å². The van der Waals surface area contributed by atoms with Gasteiger partial charge < -0.3 is 4.98 Å². The van der Waals surface area contributed by atoms with Crippen molar-refractivity contribution in [1.82, 2.24) is 35.1 Å². The van der Waals surface area contributed by atoms with E-state index in [-0.39, 0.29) is 5.13 Å². The minimum Gasteiger partial charge on any atom is -0.335 e. The molecule has 0 radical (unpaired) electrons. The third-order valence-corrected chi connectivity index (χ3v) is 6.09. The second-order valence-electron chi connectivity index (χ2n) is 7.13. The van der Waals surface area contributed by atoms with Crippen molar-refractivity contribution in [1.29, 1.82) is 0 Å². The molecule has 2 N–H and O–H groups in total. The minimum absolute atomic E-state index is 0.247. The molecule has 0 fully saturated rings. The summed E-state index contributed by atoms with van der Waals surface area (Å²) in [5.74, 6) is 0.570. The van der Waals surface area contributed by atoms with Gasteiger partial charge in [0, 0.05) is 34.6 Å². The van der Waals surface area contributed by atoms with Gasteiger partial charge in [-0.2, -0.15) is 9.49 Å². The van der Waals surface area contributed by atoms with Crippen LogP contribution in [0.3, 0.4) is 0 Å². The summed E-state index contributed by atoms with van der Waals surface area (Å²) in [7, 11) is 0. The largest absolute Gasteiger partial charge is 0.335 e. The van der Waals surface area contributed by atoms with Crippen molar-refractivity contribution in [2.45, 2.75) is 6.92 Å². The fraction of sp³-hybridized carbons (Fsp3) is 0.0455. The molecule has 6 aromatic heterocycles. The van der Waals surface area contributed by atoms with Gasteiger partial charge in [0.1, 0.15) is 11.0 Å². The fourth-order valence-electron chi connectivity index (χ4n) is 3.63. The number of H-pyrrole nitrogens is 2. The number of nitrogens with zero attached hydrogens (tertiary/aromatic N) is 5. The Morgan fingerprint density at radius 2 is 1.77 bits per heavy atom. The van der Waals surface area contributed by atoms with Crippen molar-refractivity contribution in [3.8, 4) is 33.2 Å². The number of hydrogen-bond acceptors (Lipinski definition) is 6. The Labute approximate surface area is 179 Å². The van der Waals surface area contributed by atoms with E-state index in [1.54, 1.807) is 24.7 Å². The number of nitrogens with one attached hydrogen (secondary N) is 2. The van der Waals surface area contributed by atoms with E-state index in [1.807, 2.05) is 31.3 Å². The first-order valence-electron chi connectivity index (χ1n) is 9.53. The van der Waals surface area contributed by atoms with Crippen LogP contribution < -0.4 is 0 Å². The first-order valence-corrected chi connectivity index (χ1v) is 10.3. The van der Waals surface area contributed by atoms with Crippen LogP contribution in [0.5, 0.6) is 0 Å². The van der Waals surface area contributed by atoms with E-state index in [4.69, 9.17) is 9.97 Å². The molecule has 6 aromatic rings. The molecule has 0 aliphatic heterocycles. The molecule has 0 aliphatic carbocycles. The quantitative estimate of drug-likeness (QED) is 0.408. The van der Waals surface area contributed by atoms with Crippen LogP contribution in [0.2, 0.25) is 0 Å². The average Bonchev–Trinajstić information content (AvgIpc) is 3.50. The smallest absolute Gasteiger partial charge is 0.176 e. The summed E-state index contributed by atoms with van der Waals surface area (Å²) in [5, 5.41) is 7.23. The van der Waals surface area contributed by atoms with Gasteiger partial charge in [-0.3, -0.25) is 15.1 Å². The van der Waals surface area contributed by atoms with Crippen LogP contribution in [-0.4, -0.2) is 35.1 Å². The molecule has 0 saturated heterocycles. The number of rotatable bonds is 3. The first-order chi connectivity index (χ1) is 15.2. The molecule has 0 aromatic carbocycles. The first kappa shape index (κ1) is 17.8. The Morgan fingerprint density at radius 3 is 2.61 bits per heavy atom. The lowest BCUT2D eigenvalue weighted by atomic mass is 10.1. The summed E-state index contributed by atoms with van der Waals surface area (Å²) in [4.78, 5) is 22.2. The highest BCUT2D eigenvalue weighted by atomic mass is 32.1. The molecule has 0 saturated carbocycles. The molecule has 9 heteroatoms. The fourth-order valence-corrected chi connectivity index (χ4v) is 4.37. The van der Waals surface area contributed by atoms with Crippen LogP contribution >= 0.6 is 11.3 Å². The molecule has 0 bridgehead atoms. The van der Waals surface area contributed by atoms with Crippen molar-refractivity contribution in [3.63, 3.8) is 0 Å². The van der Waals surface area contributed by atoms with Crippen molar-refractivity contribution < 1.29 is 4.39 Å². The lowest BCUT2D eigenvalue weighted by molar-refractivity contribution is 0.657. The van der Waals surface area contributed by atoms with Crippen molar-refractivity contribution in [3.05, 3.63) is 65.8 Å². The van der Waals surface area contributed by atoms with Gasteiger partial charge in [0.05, 0.1) is 22.9 Å². The van der Waals surface area contributed by atoms with E-state index in [9.17, 15) is 4.39 Å². The van der Waals surface area contributed by atoms with E-state index in [2.05, 4.69) is 25.1 Å². The van der Waals surface area contributed by atoms with Gasteiger partial charge in [-0.05, 0) is 42.8 Å². The Morgan fingerprint density at radius 1 is 0.871 bits per heavy atom. The monoisotopic (exact) mass is 427 g/mol. The van der Waals surface area contributed by atoms with Crippen molar-refractivity contribution in [2.75, 3.05) is 0 Å². The molecular formula is C22H14FN7S. The normalized spacial score (nSPS) is 11.5. The van der Waals surface area contributed by atoms with Gasteiger partial charge in [-0.25, -0.2) is 9.97 Å². The van der Waals surface area contributed by atoms with Gasteiger partial charge in [0.15, 0.2) is 16.6 Å². The Hall–Kier alpha value is -3.98. The maximum atomic E-state index is 13.6. The van der Waals surface area contributed by atoms with Crippen molar-refractivity contribution >= 4 is 33.4 Å². The molecular weight excluding hydrogens is 413 g/mol. The summed E-state index contributed by atoms with van der Waals surface area (Å²) in [5.41, 5.74) is 7.22. The molecule has 7 nitrogen and oxygen atoms in total. The lowest BCUT2D eigenvalue weighted by Crippen LogP contribution is -1.90. The van der Waals surface area contributed by atoms with Crippen molar-refractivity contribution in [2.24, 2.45) is 0 Å². The van der Waals surface area contributed by atoms with E-state index < -0.39 is 0 Å². The van der Waals surface area contributed by atoms with Gasteiger partial charge in [-0.1, -0.05) is 0 Å². The number of hydrogen-bond donors (Lipinski definition) is 2. The van der Waals surface area contributed by atoms with Gasteiger partial charge in [0.25, 0.3) is 0 Å². The topological polar surface area (TPSA) is 96.0 Å². The Bertz CT molecular complexity index is 1580. The van der Waals surface area contributed by atoms with Gasteiger partial charge in [0.2, 0.25) is 0 Å². The van der Waals surface area contributed by atoms with Gasteiger partial charge >= 0.3 is 0 Å². The molecule has 0 aliphatic rings. The van der Waals surface area contributed by atoms with Crippen LogP contribution in [0, 0.1) is 12.1 Å². The summed E-state index contributed by atoms with van der Waals surface area (Å²) >= 11 is 1.07. The molecule has 0 atom stereocenters. The second-order valence-corrected chi connectivity index (χ2v) is 8.16. The van der Waals surface area contributed by atoms with Gasteiger partial charge in [-0.15, -0.1) is 11.3 Å².